The van der Waals surface area contributed by atoms with Gasteiger partial charge in [0.15, 0.2) is 0 Å². The van der Waals surface area contributed by atoms with E-state index in [1.807, 2.05) is 18.4 Å². The van der Waals surface area contributed by atoms with Crippen molar-refractivity contribution in [2.75, 3.05) is 7.05 Å². The van der Waals surface area contributed by atoms with E-state index in [0.29, 0.717) is 6.04 Å². The summed E-state index contributed by atoms with van der Waals surface area (Å²) >= 11 is 7.17. The van der Waals surface area contributed by atoms with E-state index in [9.17, 15) is 0 Å². The molecule has 2 heterocycles. The normalized spacial score (nSPS) is 12.9. The number of thiophene rings is 2. The maximum absolute atomic E-state index is 3.58. The molecule has 0 saturated heterocycles. The first-order valence-corrected chi connectivity index (χ1v) is 7.70. The van der Waals surface area contributed by atoms with Crippen LogP contribution >= 0.6 is 38.6 Å². The number of likely N-dealkylation sites (N-methyl/N-ethyl adjacent to an activating group) is 1. The molecule has 0 amide bonds. The number of hydrogen-bond donors (Lipinski definition) is 1. The zero-order valence-corrected chi connectivity index (χ0v) is 12.5. The molecule has 86 valence electrons. The number of halogens is 1. The van der Waals surface area contributed by atoms with Crippen molar-refractivity contribution >= 4 is 38.6 Å². The van der Waals surface area contributed by atoms with Gasteiger partial charge >= 0.3 is 0 Å². The maximum atomic E-state index is 3.58. The lowest BCUT2D eigenvalue weighted by Crippen LogP contribution is -2.17. The lowest BCUT2D eigenvalue weighted by atomic mass is 10.1. The minimum absolute atomic E-state index is 0.421. The summed E-state index contributed by atoms with van der Waals surface area (Å²) in [6, 6.07) is 4.89. The van der Waals surface area contributed by atoms with Crippen LogP contribution in [0.5, 0.6) is 0 Å². The van der Waals surface area contributed by atoms with E-state index < -0.39 is 0 Å². The molecule has 1 N–H and O–H groups in total. The predicted molar refractivity (Wildman–Crippen MR) is 76.6 cm³/mol. The van der Waals surface area contributed by atoms with Crippen molar-refractivity contribution in [3.63, 3.8) is 0 Å². The molecule has 0 bridgehead atoms. The monoisotopic (exact) mass is 315 g/mol. The van der Waals surface area contributed by atoms with E-state index in [2.05, 4.69) is 51.1 Å². The average Bonchev–Trinajstić information content (AvgIpc) is 2.86. The van der Waals surface area contributed by atoms with E-state index in [1.165, 1.54) is 19.8 Å². The van der Waals surface area contributed by atoms with Crippen LogP contribution in [-0.2, 0) is 6.42 Å². The Balaban J connectivity index is 2.16. The fraction of sp³-hybridized carbons (Fsp3) is 0.333. The Bertz CT molecular complexity index is 428. The molecule has 2 aromatic rings. The van der Waals surface area contributed by atoms with E-state index in [0.717, 1.165) is 6.42 Å². The van der Waals surface area contributed by atoms with Gasteiger partial charge in [-0.05, 0) is 70.3 Å². The molecule has 1 atom stereocenters. The van der Waals surface area contributed by atoms with Crippen LogP contribution in [0.2, 0.25) is 0 Å². The van der Waals surface area contributed by atoms with Crippen molar-refractivity contribution in [2.45, 2.75) is 19.4 Å². The highest BCUT2D eigenvalue weighted by molar-refractivity contribution is 9.11. The Kier molecular flexibility index (Phi) is 4.19. The van der Waals surface area contributed by atoms with Gasteiger partial charge in [-0.2, -0.15) is 11.3 Å². The molecule has 2 rings (SSSR count). The summed E-state index contributed by atoms with van der Waals surface area (Å²) < 4.78 is 1.24. The summed E-state index contributed by atoms with van der Waals surface area (Å²) in [7, 11) is 2.03. The van der Waals surface area contributed by atoms with Gasteiger partial charge in [0.25, 0.3) is 0 Å². The van der Waals surface area contributed by atoms with Crippen LogP contribution in [0.15, 0.2) is 26.7 Å². The Labute approximate surface area is 113 Å². The molecule has 4 heteroatoms. The van der Waals surface area contributed by atoms with Crippen LogP contribution in [0, 0.1) is 6.92 Å². The fourth-order valence-corrected chi connectivity index (χ4v) is 4.01. The number of rotatable bonds is 4. The van der Waals surface area contributed by atoms with Crippen LogP contribution in [-0.4, -0.2) is 7.05 Å². The van der Waals surface area contributed by atoms with Crippen LogP contribution in [0.1, 0.15) is 22.0 Å². The minimum Gasteiger partial charge on any atom is -0.312 e. The largest absolute Gasteiger partial charge is 0.312 e. The lowest BCUT2D eigenvalue weighted by molar-refractivity contribution is 0.603. The third-order valence-electron chi connectivity index (χ3n) is 2.59. The molecule has 0 aliphatic carbocycles. The first-order chi connectivity index (χ1) is 7.70. The van der Waals surface area contributed by atoms with Crippen LogP contribution in [0.3, 0.4) is 0 Å². The van der Waals surface area contributed by atoms with E-state index >= 15 is 0 Å². The van der Waals surface area contributed by atoms with Crippen molar-refractivity contribution in [2.24, 2.45) is 0 Å². The SMILES string of the molecule is CNC(Cc1ccsc1)c1cc(C)c(Br)s1. The molecule has 16 heavy (non-hydrogen) atoms. The first kappa shape index (κ1) is 12.3. The first-order valence-electron chi connectivity index (χ1n) is 5.15. The third-order valence-corrected chi connectivity index (χ3v) is 5.57. The quantitative estimate of drug-likeness (QED) is 0.882. The summed E-state index contributed by atoms with van der Waals surface area (Å²) in [5.74, 6) is 0. The van der Waals surface area contributed by atoms with E-state index in [4.69, 9.17) is 0 Å². The van der Waals surface area contributed by atoms with E-state index in [1.54, 1.807) is 11.3 Å². The van der Waals surface area contributed by atoms with Crippen molar-refractivity contribution in [3.05, 3.63) is 42.7 Å². The third kappa shape index (κ3) is 2.74. The topological polar surface area (TPSA) is 12.0 Å². The number of nitrogens with one attached hydrogen (secondary N) is 1. The molecule has 0 saturated carbocycles. The zero-order valence-electron chi connectivity index (χ0n) is 9.29. The molecule has 1 nitrogen and oxygen atoms in total. The molecule has 0 radical (unpaired) electrons. The fourth-order valence-electron chi connectivity index (χ4n) is 1.64. The molecule has 1 unspecified atom stereocenters. The lowest BCUT2D eigenvalue weighted by Gasteiger charge is -2.13. The molecule has 0 aromatic carbocycles. The molecule has 2 aromatic heterocycles. The van der Waals surface area contributed by atoms with Gasteiger partial charge in [0, 0.05) is 10.9 Å². The summed E-state index contributed by atoms with van der Waals surface area (Å²) in [5.41, 5.74) is 2.73. The summed E-state index contributed by atoms with van der Waals surface area (Å²) in [5, 5.41) is 7.75. The van der Waals surface area contributed by atoms with Gasteiger partial charge in [0.05, 0.1) is 3.79 Å². The van der Waals surface area contributed by atoms with Gasteiger partial charge in [-0.1, -0.05) is 0 Å². The van der Waals surface area contributed by atoms with Gasteiger partial charge in [-0.3, -0.25) is 0 Å². The van der Waals surface area contributed by atoms with Crippen LogP contribution in [0.25, 0.3) is 0 Å². The highest BCUT2D eigenvalue weighted by atomic mass is 79.9. The Hall–Kier alpha value is -0.160. The second kappa shape index (κ2) is 5.45. The smallest absolute Gasteiger partial charge is 0.0731 e. The van der Waals surface area contributed by atoms with Gasteiger partial charge in [0.1, 0.15) is 0 Å². The summed E-state index contributed by atoms with van der Waals surface area (Å²) in [6.45, 7) is 2.14. The van der Waals surface area contributed by atoms with Crippen molar-refractivity contribution < 1.29 is 0 Å². The number of hydrogen-bond acceptors (Lipinski definition) is 3. The van der Waals surface area contributed by atoms with Crippen LogP contribution < -0.4 is 5.32 Å². The standard InChI is InChI=1S/C12H14BrNS2/c1-8-5-11(16-12(8)13)10(14-2)6-9-3-4-15-7-9/h3-5,7,10,14H,6H2,1-2H3. The van der Waals surface area contributed by atoms with Crippen molar-refractivity contribution in [3.8, 4) is 0 Å². The highest BCUT2D eigenvalue weighted by Crippen LogP contribution is 2.32. The Morgan fingerprint density at radius 2 is 2.31 bits per heavy atom. The molecule has 0 spiro atoms. The van der Waals surface area contributed by atoms with Gasteiger partial charge < -0.3 is 5.32 Å². The van der Waals surface area contributed by atoms with Gasteiger partial charge in [-0.25, -0.2) is 0 Å². The minimum atomic E-state index is 0.421. The second-order valence-electron chi connectivity index (χ2n) is 3.78. The maximum Gasteiger partial charge on any atom is 0.0731 e. The van der Waals surface area contributed by atoms with Crippen LogP contribution in [0.4, 0.5) is 0 Å². The molecular formula is C12H14BrNS2. The molecule has 0 fully saturated rings. The van der Waals surface area contributed by atoms with E-state index in [-0.39, 0.29) is 0 Å². The predicted octanol–water partition coefficient (Wildman–Crippen LogP) is 4.38. The summed E-state index contributed by atoms with van der Waals surface area (Å²) in [4.78, 5) is 1.40. The Morgan fingerprint density at radius 3 is 2.81 bits per heavy atom. The van der Waals surface area contributed by atoms with Crippen molar-refractivity contribution in [1.29, 1.82) is 0 Å². The summed E-state index contributed by atoms with van der Waals surface area (Å²) in [6.07, 6.45) is 1.06. The second-order valence-corrected chi connectivity index (χ2v) is 6.96. The molecular weight excluding hydrogens is 302 g/mol. The molecule has 0 aliphatic rings. The van der Waals surface area contributed by atoms with Crippen molar-refractivity contribution in [1.82, 2.24) is 5.32 Å². The number of aryl methyl sites for hydroxylation is 1. The average molecular weight is 316 g/mol. The van der Waals surface area contributed by atoms with Gasteiger partial charge in [-0.15, -0.1) is 11.3 Å². The Morgan fingerprint density at radius 1 is 1.50 bits per heavy atom. The highest BCUT2D eigenvalue weighted by Gasteiger charge is 2.14. The zero-order chi connectivity index (χ0) is 11.5. The van der Waals surface area contributed by atoms with Gasteiger partial charge in [0.2, 0.25) is 0 Å². The molecule has 0 aliphatic heterocycles.